The minimum Gasteiger partial charge on any atom is -0.508 e. The highest BCUT2D eigenvalue weighted by atomic mass is 16.6. The second kappa shape index (κ2) is 9.16. The third kappa shape index (κ3) is 4.53. The lowest BCUT2D eigenvalue weighted by molar-refractivity contribution is -0.147. The van der Waals surface area contributed by atoms with E-state index in [4.69, 9.17) is 9.47 Å². The molecule has 2 aromatic rings. The van der Waals surface area contributed by atoms with Crippen molar-refractivity contribution in [2.45, 2.75) is 32.1 Å². The van der Waals surface area contributed by atoms with Crippen molar-refractivity contribution in [2.24, 2.45) is 10.9 Å². The van der Waals surface area contributed by atoms with E-state index in [-0.39, 0.29) is 24.7 Å². The van der Waals surface area contributed by atoms with Gasteiger partial charge in [-0.3, -0.25) is 14.6 Å². The number of benzene rings is 2. The van der Waals surface area contributed by atoms with Crippen molar-refractivity contribution in [3.05, 3.63) is 71.4 Å². The van der Waals surface area contributed by atoms with Gasteiger partial charge in [-0.25, -0.2) is 0 Å². The maximum atomic E-state index is 13.1. The average molecular weight is 419 g/mol. The number of ketones is 1. The SMILES string of the molecule is CC1=NC2=C(C(=O)CCC2)[C@@H](c2ccc(O)cc2)C1C(=O)OCCOc1ccccc1. The summed E-state index contributed by atoms with van der Waals surface area (Å²) in [5.41, 5.74) is 2.80. The molecule has 0 amide bonds. The van der Waals surface area contributed by atoms with E-state index in [9.17, 15) is 14.7 Å². The van der Waals surface area contributed by atoms with Crippen molar-refractivity contribution in [3.63, 3.8) is 0 Å². The van der Waals surface area contributed by atoms with Crippen LogP contribution in [-0.4, -0.2) is 35.8 Å². The van der Waals surface area contributed by atoms with Gasteiger partial charge in [0.1, 0.15) is 30.6 Å². The van der Waals surface area contributed by atoms with Crippen molar-refractivity contribution in [3.8, 4) is 11.5 Å². The fourth-order valence-corrected chi connectivity index (χ4v) is 4.26. The Balaban J connectivity index is 1.54. The van der Waals surface area contributed by atoms with Gasteiger partial charge in [-0.15, -0.1) is 0 Å². The van der Waals surface area contributed by atoms with E-state index in [1.54, 1.807) is 24.3 Å². The van der Waals surface area contributed by atoms with Crippen LogP contribution in [0.5, 0.6) is 11.5 Å². The van der Waals surface area contributed by atoms with Gasteiger partial charge in [-0.1, -0.05) is 30.3 Å². The molecule has 0 saturated carbocycles. The van der Waals surface area contributed by atoms with Gasteiger partial charge in [0.05, 0.1) is 0 Å². The number of nitrogens with zero attached hydrogens (tertiary/aromatic N) is 1. The van der Waals surface area contributed by atoms with E-state index in [0.717, 1.165) is 24.1 Å². The Kier molecular flexibility index (Phi) is 6.16. The molecule has 0 bridgehead atoms. The quantitative estimate of drug-likeness (QED) is 0.560. The molecule has 2 atom stereocenters. The summed E-state index contributed by atoms with van der Waals surface area (Å²) in [5, 5.41) is 9.70. The summed E-state index contributed by atoms with van der Waals surface area (Å²) in [7, 11) is 0. The first kappa shape index (κ1) is 20.8. The summed E-state index contributed by atoms with van der Waals surface area (Å²) < 4.78 is 11.1. The number of esters is 1. The van der Waals surface area contributed by atoms with Gasteiger partial charge < -0.3 is 14.6 Å². The number of hydrogen-bond donors (Lipinski definition) is 1. The number of allylic oxidation sites excluding steroid dienone is 2. The normalized spacial score (nSPS) is 20.7. The number of phenolic OH excluding ortho intramolecular Hbond substituents is 1. The highest BCUT2D eigenvalue weighted by Gasteiger charge is 2.43. The largest absolute Gasteiger partial charge is 0.508 e. The first-order valence-corrected chi connectivity index (χ1v) is 10.5. The number of rotatable bonds is 6. The zero-order valence-electron chi connectivity index (χ0n) is 17.4. The van der Waals surface area contributed by atoms with Crippen LogP contribution in [0.1, 0.15) is 37.7 Å². The Bertz CT molecular complexity index is 1020. The molecule has 1 heterocycles. The monoisotopic (exact) mass is 419 g/mol. The van der Waals surface area contributed by atoms with Crippen molar-refractivity contribution < 1.29 is 24.2 Å². The molecule has 0 saturated heterocycles. The van der Waals surface area contributed by atoms with E-state index in [0.29, 0.717) is 23.5 Å². The number of carbonyl (C=O) groups is 2. The zero-order valence-corrected chi connectivity index (χ0v) is 17.4. The molecule has 4 rings (SSSR count). The van der Waals surface area contributed by atoms with Crippen LogP contribution in [0.25, 0.3) is 0 Å². The lowest BCUT2D eigenvalue weighted by Crippen LogP contribution is -2.37. The van der Waals surface area contributed by atoms with Crippen LogP contribution in [0.4, 0.5) is 0 Å². The Morgan fingerprint density at radius 3 is 2.55 bits per heavy atom. The molecule has 1 unspecified atom stereocenters. The van der Waals surface area contributed by atoms with Crippen molar-refractivity contribution in [1.82, 2.24) is 0 Å². The number of carbonyl (C=O) groups excluding carboxylic acids is 2. The van der Waals surface area contributed by atoms with Gasteiger partial charge in [-0.05, 0) is 49.6 Å². The van der Waals surface area contributed by atoms with Gasteiger partial charge >= 0.3 is 5.97 Å². The maximum absolute atomic E-state index is 13.1. The number of phenols is 1. The molecular formula is C25H25NO5. The van der Waals surface area contributed by atoms with Crippen LogP contribution in [0.3, 0.4) is 0 Å². The van der Waals surface area contributed by atoms with E-state index in [1.807, 2.05) is 37.3 Å². The Hall–Kier alpha value is -3.41. The Labute approximate surface area is 181 Å². The molecule has 0 aromatic heterocycles. The van der Waals surface area contributed by atoms with E-state index in [2.05, 4.69) is 4.99 Å². The van der Waals surface area contributed by atoms with Crippen LogP contribution >= 0.6 is 0 Å². The van der Waals surface area contributed by atoms with Gasteiger partial charge in [0.2, 0.25) is 0 Å². The minimum atomic E-state index is -0.693. The van der Waals surface area contributed by atoms with Gasteiger partial charge in [-0.2, -0.15) is 0 Å². The number of aliphatic imine (C=N–C) groups is 1. The van der Waals surface area contributed by atoms with E-state index in [1.165, 1.54) is 0 Å². The molecule has 0 fully saturated rings. The number of ether oxygens (including phenoxy) is 2. The molecule has 6 heteroatoms. The molecule has 31 heavy (non-hydrogen) atoms. The van der Waals surface area contributed by atoms with Crippen molar-refractivity contribution in [1.29, 1.82) is 0 Å². The molecule has 0 spiro atoms. The Morgan fingerprint density at radius 2 is 1.81 bits per heavy atom. The van der Waals surface area contributed by atoms with Crippen LogP contribution in [0, 0.1) is 5.92 Å². The van der Waals surface area contributed by atoms with Gasteiger partial charge in [0.25, 0.3) is 0 Å². The van der Waals surface area contributed by atoms with E-state index < -0.39 is 17.8 Å². The van der Waals surface area contributed by atoms with Crippen LogP contribution in [0.15, 0.2) is 70.9 Å². The number of para-hydroxylation sites is 1. The molecule has 6 nitrogen and oxygen atoms in total. The number of Topliss-reactive ketones (excluding diaryl/α,β-unsaturated/α-hetero) is 1. The number of aromatic hydroxyl groups is 1. The summed E-state index contributed by atoms with van der Waals surface area (Å²) in [6.07, 6.45) is 1.94. The molecule has 2 aliphatic rings. The second-order valence-corrected chi connectivity index (χ2v) is 7.77. The van der Waals surface area contributed by atoms with Crippen molar-refractivity contribution >= 4 is 17.5 Å². The fraction of sp³-hybridized carbons (Fsp3) is 0.320. The third-order valence-corrected chi connectivity index (χ3v) is 5.68. The molecule has 1 aliphatic carbocycles. The smallest absolute Gasteiger partial charge is 0.315 e. The lowest BCUT2D eigenvalue weighted by atomic mass is 9.72. The summed E-state index contributed by atoms with van der Waals surface area (Å²) >= 11 is 0. The van der Waals surface area contributed by atoms with Crippen LogP contribution < -0.4 is 4.74 Å². The highest BCUT2D eigenvalue weighted by molar-refractivity contribution is 6.08. The van der Waals surface area contributed by atoms with Gasteiger partial charge in [0.15, 0.2) is 5.78 Å². The summed E-state index contributed by atoms with van der Waals surface area (Å²) in [5.74, 6) is -0.725. The topological polar surface area (TPSA) is 85.2 Å². The molecule has 1 aliphatic heterocycles. The molecule has 0 radical (unpaired) electrons. The molecule has 2 aromatic carbocycles. The predicted octanol–water partition coefficient (Wildman–Crippen LogP) is 4.20. The third-order valence-electron chi connectivity index (χ3n) is 5.68. The fourth-order valence-electron chi connectivity index (χ4n) is 4.26. The molecule has 1 N–H and O–H groups in total. The Morgan fingerprint density at radius 1 is 1.06 bits per heavy atom. The molecular weight excluding hydrogens is 394 g/mol. The molecule has 160 valence electrons. The summed E-state index contributed by atoms with van der Waals surface area (Å²) in [4.78, 5) is 30.6. The average Bonchev–Trinajstić information content (AvgIpc) is 2.77. The lowest BCUT2D eigenvalue weighted by Gasteiger charge is -2.34. The van der Waals surface area contributed by atoms with Gasteiger partial charge in [0, 0.05) is 29.3 Å². The second-order valence-electron chi connectivity index (χ2n) is 7.77. The zero-order chi connectivity index (χ0) is 21.8. The minimum absolute atomic E-state index is 0.0285. The standard InChI is InChI=1S/C25H25NO5/c1-16-22(25(29)31-15-14-30-19-6-3-2-4-7-19)23(17-10-12-18(27)13-11-17)24-20(26-16)8-5-9-21(24)28/h2-4,6-7,10-13,22-23,27H,5,8-9,14-15H2,1H3/t22?,23-/m0/s1. The number of hydrogen-bond acceptors (Lipinski definition) is 6. The first-order chi connectivity index (χ1) is 15.0. The van der Waals surface area contributed by atoms with E-state index >= 15 is 0 Å². The highest BCUT2D eigenvalue weighted by Crippen LogP contribution is 2.43. The van der Waals surface area contributed by atoms with Crippen LogP contribution in [0.2, 0.25) is 0 Å². The maximum Gasteiger partial charge on any atom is 0.315 e. The summed E-state index contributed by atoms with van der Waals surface area (Å²) in [6, 6.07) is 16.0. The predicted molar refractivity (Wildman–Crippen MR) is 116 cm³/mol. The first-order valence-electron chi connectivity index (χ1n) is 10.5. The van der Waals surface area contributed by atoms with Crippen LogP contribution in [-0.2, 0) is 14.3 Å². The van der Waals surface area contributed by atoms with Crippen molar-refractivity contribution in [2.75, 3.05) is 13.2 Å². The summed E-state index contributed by atoms with van der Waals surface area (Å²) in [6.45, 7) is 2.14.